The molecule has 0 atom stereocenters. The number of rotatable bonds is 9. The van der Waals surface area contributed by atoms with Crippen LogP contribution in [0.1, 0.15) is 80.0 Å². The highest BCUT2D eigenvalue weighted by Crippen LogP contribution is 2.28. The monoisotopic (exact) mass is 306 g/mol. The zero-order valence-corrected chi connectivity index (χ0v) is 13.7. The predicted octanol–water partition coefficient (Wildman–Crippen LogP) is 4.68. The summed E-state index contributed by atoms with van der Waals surface area (Å²) in [6.07, 6.45) is 5.75. The second-order valence-corrected chi connectivity index (χ2v) is 5.62. The van der Waals surface area contributed by atoms with Crippen LogP contribution in [0.4, 0.5) is 0 Å². The predicted molar refractivity (Wildman–Crippen MR) is 86.3 cm³/mol. The molecule has 0 aliphatic rings. The number of carboxylic acid groups (broad SMARTS) is 1. The lowest BCUT2D eigenvalue weighted by atomic mass is 9.90. The smallest absolute Gasteiger partial charge is 0.338 e. The van der Waals surface area contributed by atoms with Crippen molar-refractivity contribution in [2.75, 3.05) is 0 Å². The molecule has 0 amide bonds. The van der Waals surface area contributed by atoms with E-state index < -0.39 is 11.6 Å². The van der Waals surface area contributed by atoms with Crippen LogP contribution in [0.15, 0.2) is 24.3 Å². The molecular formula is C18H26O4. The first-order valence-corrected chi connectivity index (χ1v) is 8.04. The lowest BCUT2D eigenvalue weighted by Gasteiger charge is -2.31. The lowest BCUT2D eigenvalue weighted by Crippen LogP contribution is -2.34. The molecule has 0 unspecified atom stereocenters. The second kappa shape index (κ2) is 8.57. The number of hydrogen-bond donors (Lipinski definition) is 1. The van der Waals surface area contributed by atoms with Crippen LogP contribution >= 0.6 is 0 Å². The number of hydrogen-bond acceptors (Lipinski definition) is 3. The average Bonchev–Trinajstić information content (AvgIpc) is 2.54. The number of esters is 1. The molecule has 0 saturated heterocycles. The first-order chi connectivity index (χ1) is 10.5. The SMILES string of the molecule is CCCCCC(CC)(CC)OC(=O)c1ccc(C(=O)O)cc1. The van der Waals surface area contributed by atoms with E-state index in [2.05, 4.69) is 6.92 Å². The van der Waals surface area contributed by atoms with Gasteiger partial charge in [0, 0.05) is 0 Å². The van der Waals surface area contributed by atoms with Gasteiger partial charge in [0.1, 0.15) is 5.60 Å². The van der Waals surface area contributed by atoms with Crippen LogP contribution in [0.2, 0.25) is 0 Å². The van der Waals surface area contributed by atoms with Crippen molar-refractivity contribution in [3.63, 3.8) is 0 Å². The van der Waals surface area contributed by atoms with E-state index in [0.717, 1.165) is 38.5 Å². The maximum atomic E-state index is 12.3. The van der Waals surface area contributed by atoms with Gasteiger partial charge in [0.2, 0.25) is 0 Å². The van der Waals surface area contributed by atoms with Crippen molar-refractivity contribution in [2.24, 2.45) is 0 Å². The summed E-state index contributed by atoms with van der Waals surface area (Å²) in [5, 5.41) is 8.88. The van der Waals surface area contributed by atoms with Gasteiger partial charge in [-0.2, -0.15) is 0 Å². The van der Waals surface area contributed by atoms with Gasteiger partial charge in [0.05, 0.1) is 11.1 Å². The molecule has 0 aliphatic carbocycles. The summed E-state index contributed by atoms with van der Waals surface area (Å²) in [6, 6.07) is 5.87. The van der Waals surface area contributed by atoms with Gasteiger partial charge in [-0.3, -0.25) is 0 Å². The fourth-order valence-corrected chi connectivity index (χ4v) is 2.50. The number of ether oxygens (including phenoxy) is 1. The topological polar surface area (TPSA) is 63.6 Å². The molecule has 1 aromatic carbocycles. The van der Waals surface area contributed by atoms with Crippen LogP contribution in [-0.4, -0.2) is 22.6 Å². The maximum absolute atomic E-state index is 12.3. The fourth-order valence-electron chi connectivity index (χ4n) is 2.50. The zero-order chi connectivity index (χ0) is 16.6. The quantitative estimate of drug-likeness (QED) is 0.531. The molecule has 1 rings (SSSR count). The van der Waals surface area contributed by atoms with Gasteiger partial charge in [-0.05, 0) is 49.9 Å². The third-order valence-electron chi connectivity index (χ3n) is 4.20. The highest BCUT2D eigenvalue weighted by atomic mass is 16.6. The number of carbonyl (C=O) groups excluding carboxylic acids is 1. The molecule has 1 N–H and O–H groups in total. The Morgan fingerprint density at radius 3 is 2.00 bits per heavy atom. The van der Waals surface area contributed by atoms with Gasteiger partial charge in [0.15, 0.2) is 0 Å². The molecule has 0 spiro atoms. The Morgan fingerprint density at radius 2 is 1.55 bits per heavy atom. The number of carbonyl (C=O) groups is 2. The zero-order valence-electron chi connectivity index (χ0n) is 13.7. The Hall–Kier alpha value is -1.84. The van der Waals surface area contributed by atoms with Crippen LogP contribution in [0.3, 0.4) is 0 Å². The molecule has 0 saturated carbocycles. The number of aromatic carboxylic acids is 1. The minimum absolute atomic E-state index is 0.164. The van der Waals surface area contributed by atoms with Crippen LogP contribution in [-0.2, 0) is 4.74 Å². The van der Waals surface area contributed by atoms with Gasteiger partial charge in [-0.25, -0.2) is 9.59 Å². The van der Waals surface area contributed by atoms with E-state index in [1.54, 1.807) is 0 Å². The molecule has 4 nitrogen and oxygen atoms in total. The number of carboxylic acids is 1. The van der Waals surface area contributed by atoms with E-state index in [4.69, 9.17) is 9.84 Å². The summed E-state index contributed by atoms with van der Waals surface area (Å²) in [4.78, 5) is 23.2. The fraction of sp³-hybridized carbons (Fsp3) is 0.556. The van der Waals surface area contributed by atoms with Gasteiger partial charge in [-0.15, -0.1) is 0 Å². The summed E-state index contributed by atoms with van der Waals surface area (Å²) >= 11 is 0. The average molecular weight is 306 g/mol. The molecule has 22 heavy (non-hydrogen) atoms. The number of benzene rings is 1. The summed E-state index contributed by atoms with van der Waals surface area (Å²) in [7, 11) is 0. The van der Waals surface area contributed by atoms with Crippen molar-refractivity contribution in [1.82, 2.24) is 0 Å². The van der Waals surface area contributed by atoms with E-state index in [-0.39, 0.29) is 11.5 Å². The Labute approximate surface area is 132 Å². The summed E-state index contributed by atoms with van der Waals surface area (Å²) in [5.74, 6) is -1.38. The molecule has 0 aliphatic heterocycles. The van der Waals surface area contributed by atoms with Gasteiger partial charge >= 0.3 is 11.9 Å². The minimum atomic E-state index is -1.00. The largest absolute Gasteiger partial charge is 0.478 e. The molecule has 0 bridgehead atoms. The molecule has 0 heterocycles. The maximum Gasteiger partial charge on any atom is 0.338 e. The standard InChI is InChI=1S/C18H26O4/c1-4-7-8-13-18(5-2,6-3)22-17(21)15-11-9-14(10-12-15)16(19)20/h9-12H,4-8,13H2,1-3H3,(H,19,20). The Balaban J connectivity index is 2.79. The van der Waals surface area contributed by atoms with Crippen molar-refractivity contribution >= 4 is 11.9 Å². The molecule has 4 heteroatoms. The van der Waals surface area contributed by atoms with E-state index in [9.17, 15) is 9.59 Å². The molecule has 0 fully saturated rings. The summed E-state index contributed by atoms with van der Waals surface area (Å²) in [6.45, 7) is 6.22. The first-order valence-electron chi connectivity index (χ1n) is 8.04. The molecule has 0 radical (unpaired) electrons. The number of unbranched alkanes of at least 4 members (excludes halogenated alkanes) is 2. The van der Waals surface area contributed by atoms with Crippen molar-refractivity contribution in [3.05, 3.63) is 35.4 Å². The second-order valence-electron chi connectivity index (χ2n) is 5.62. The Bertz CT molecular complexity index is 486. The highest BCUT2D eigenvalue weighted by Gasteiger charge is 2.30. The molecule has 1 aromatic rings. The van der Waals surface area contributed by atoms with Gasteiger partial charge < -0.3 is 9.84 Å². The van der Waals surface area contributed by atoms with Crippen molar-refractivity contribution in [1.29, 1.82) is 0 Å². The highest BCUT2D eigenvalue weighted by molar-refractivity contribution is 5.92. The van der Waals surface area contributed by atoms with Crippen molar-refractivity contribution in [3.8, 4) is 0 Å². The first kappa shape index (κ1) is 18.2. The van der Waals surface area contributed by atoms with E-state index in [1.807, 2.05) is 13.8 Å². The van der Waals surface area contributed by atoms with Gasteiger partial charge in [-0.1, -0.05) is 33.6 Å². The third-order valence-corrected chi connectivity index (χ3v) is 4.20. The summed E-state index contributed by atoms with van der Waals surface area (Å²) < 4.78 is 5.78. The molecular weight excluding hydrogens is 280 g/mol. The minimum Gasteiger partial charge on any atom is -0.478 e. The Morgan fingerprint density at radius 1 is 1.00 bits per heavy atom. The van der Waals surface area contributed by atoms with E-state index in [1.165, 1.54) is 24.3 Å². The molecule has 0 aromatic heterocycles. The van der Waals surface area contributed by atoms with Crippen LogP contribution in [0, 0.1) is 0 Å². The van der Waals surface area contributed by atoms with Gasteiger partial charge in [0.25, 0.3) is 0 Å². The van der Waals surface area contributed by atoms with Crippen molar-refractivity contribution in [2.45, 2.75) is 64.9 Å². The lowest BCUT2D eigenvalue weighted by molar-refractivity contribution is -0.0285. The molecule has 122 valence electrons. The van der Waals surface area contributed by atoms with Crippen LogP contribution in [0.25, 0.3) is 0 Å². The van der Waals surface area contributed by atoms with E-state index in [0.29, 0.717) is 5.56 Å². The van der Waals surface area contributed by atoms with Crippen molar-refractivity contribution < 1.29 is 19.4 Å². The normalized spacial score (nSPS) is 11.2. The van der Waals surface area contributed by atoms with Crippen LogP contribution in [0.5, 0.6) is 0 Å². The van der Waals surface area contributed by atoms with Crippen LogP contribution < -0.4 is 0 Å². The third kappa shape index (κ3) is 4.86. The summed E-state index contributed by atoms with van der Waals surface area (Å²) in [5.41, 5.74) is 0.140. The Kier molecular flexibility index (Phi) is 7.09. The van der Waals surface area contributed by atoms with E-state index >= 15 is 0 Å².